The molecule has 0 heterocycles. The summed E-state index contributed by atoms with van der Waals surface area (Å²) in [5.41, 5.74) is 5.06. The second-order valence-electron chi connectivity index (χ2n) is 9.56. The van der Waals surface area contributed by atoms with E-state index in [1.54, 1.807) is 6.92 Å². The fourth-order valence-corrected chi connectivity index (χ4v) is 5.05. The molecule has 202 valence electrons. The summed E-state index contributed by atoms with van der Waals surface area (Å²) in [5, 5.41) is 4.15. The maximum atomic E-state index is 13.6. The molecule has 0 spiro atoms. The lowest BCUT2D eigenvalue weighted by atomic mass is 9.86. The van der Waals surface area contributed by atoms with Gasteiger partial charge in [-0.3, -0.25) is 9.10 Å². The Labute approximate surface area is 223 Å². The van der Waals surface area contributed by atoms with Crippen molar-refractivity contribution in [2.45, 2.75) is 38.0 Å². The first-order chi connectivity index (χ1) is 17.9. The number of nitrogens with zero attached hydrogens (tertiary/aromatic N) is 2. The number of benzene rings is 3. The highest BCUT2D eigenvalue weighted by atomic mass is 32.2. The van der Waals surface area contributed by atoms with Gasteiger partial charge in [-0.2, -0.15) is 5.10 Å². The summed E-state index contributed by atoms with van der Waals surface area (Å²) < 4.78 is 52.1. The highest BCUT2D eigenvalue weighted by Gasteiger charge is 2.28. The Morgan fingerprint density at radius 1 is 0.947 bits per heavy atom. The Bertz CT molecular complexity index is 1410. The molecule has 3 rings (SSSR count). The Morgan fingerprint density at radius 3 is 2.11 bits per heavy atom. The summed E-state index contributed by atoms with van der Waals surface area (Å²) >= 11 is 0. The van der Waals surface area contributed by atoms with Crippen molar-refractivity contribution in [2.75, 3.05) is 25.1 Å². The minimum absolute atomic E-state index is 0.000992. The number of halogens is 1. The van der Waals surface area contributed by atoms with E-state index in [4.69, 9.17) is 9.47 Å². The van der Waals surface area contributed by atoms with E-state index < -0.39 is 28.3 Å². The van der Waals surface area contributed by atoms with Crippen LogP contribution in [0.2, 0.25) is 0 Å². The van der Waals surface area contributed by atoms with Crippen molar-refractivity contribution in [1.29, 1.82) is 0 Å². The Hall–Kier alpha value is -3.92. The fraction of sp³-hybridized carbons (Fsp3) is 0.286. The number of nitrogens with one attached hydrogen (secondary N) is 1. The van der Waals surface area contributed by atoms with Crippen LogP contribution in [0.15, 0.2) is 76.7 Å². The van der Waals surface area contributed by atoms with Gasteiger partial charge in [0.05, 0.1) is 30.5 Å². The molecule has 0 aliphatic rings. The van der Waals surface area contributed by atoms with E-state index in [9.17, 15) is 17.6 Å². The monoisotopic (exact) mass is 541 g/mol. The predicted octanol–water partition coefficient (Wildman–Crippen LogP) is 4.88. The van der Waals surface area contributed by atoms with Crippen LogP contribution in [0.4, 0.5) is 10.1 Å². The second kappa shape index (κ2) is 11.6. The minimum atomic E-state index is -4.26. The van der Waals surface area contributed by atoms with Crippen molar-refractivity contribution >= 4 is 27.3 Å². The van der Waals surface area contributed by atoms with Crippen LogP contribution in [0.1, 0.15) is 38.8 Å². The van der Waals surface area contributed by atoms with Gasteiger partial charge in [-0.05, 0) is 59.9 Å². The Kier molecular flexibility index (Phi) is 8.78. The molecule has 1 N–H and O–H groups in total. The van der Waals surface area contributed by atoms with Crippen LogP contribution < -0.4 is 19.2 Å². The maximum absolute atomic E-state index is 13.6. The van der Waals surface area contributed by atoms with Gasteiger partial charge < -0.3 is 9.47 Å². The lowest BCUT2D eigenvalue weighted by molar-refractivity contribution is -0.119. The first-order valence-corrected chi connectivity index (χ1v) is 13.2. The van der Waals surface area contributed by atoms with E-state index in [1.807, 2.05) is 24.3 Å². The quantitative estimate of drug-likeness (QED) is 0.308. The topological polar surface area (TPSA) is 97.3 Å². The van der Waals surface area contributed by atoms with Crippen LogP contribution in [0.25, 0.3) is 0 Å². The van der Waals surface area contributed by atoms with Crippen LogP contribution in [0, 0.1) is 5.82 Å². The van der Waals surface area contributed by atoms with Crippen molar-refractivity contribution in [3.8, 4) is 11.5 Å². The third-order valence-corrected chi connectivity index (χ3v) is 7.63. The first-order valence-electron chi connectivity index (χ1n) is 11.8. The minimum Gasteiger partial charge on any atom is -0.493 e. The zero-order valence-electron chi connectivity index (χ0n) is 22.3. The third-order valence-electron chi connectivity index (χ3n) is 5.86. The number of hydrogen-bond donors (Lipinski definition) is 1. The molecule has 0 saturated carbocycles. The molecule has 3 aromatic carbocycles. The van der Waals surface area contributed by atoms with Crippen molar-refractivity contribution in [3.63, 3.8) is 0 Å². The highest BCUT2D eigenvalue weighted by Crippen LogP contribution is 2.32. The van der Waals surface area contributed by atoms with E-state index >= 15 is 0 Å². The van der Waals surface area contributed by atoms with Gasteiger partial charge in [0.15, 0.2) is 11.5 Å². The molecular formula is C28H32FN3O5S. The van der Waals surface area contributed by atoms with Crippen LogP contribution in [0.5, 0.6) is 11.5 Å². The molecule has 3 aromatic rings. The number of ether oxygens (including phenoxy) is 2. The SMILES string of the molecule is COc1ccc(S(=O)(=O)N(CC(=O)N/N=C(/C)c2ccc(C(C)(C)C)cc2)c2ccc(F)cc2)cc1OC. The molecule has 0 unspecified atom stereocenters. The number of carbonyl (C=O) groups excluding carboxylic acids is 1. The average Bonchev–Trinajstić information content (AvgIpc) is 2.90. The first kappa shape index (κ1) is 28.6. The van der Waals surface area contributed by atoms with Gasteiger partial charge >= 0.3 is 0 Å². The van der Waals surface area contributed by atoms with Crippen LogP contribution >= 0.6 is 0 Å². The largest absolute Gasteiger partial charge is 0.493 e. The Balaban J connectivity index is 1.88. The third kappa shape index (κ3) is 6.69. The van der Waals surface area contributed by atoms with Crippen LogP contribution in [-0.4, -0.2) is 40.8 Å². The van der Waals surface area contributed by atoms with E-state index in [-0.39, 0.29) is 21.7 Å². The van der Waals surface area contributed by atoms with Gasteiger partial charge in [0, 0.05) is 6.07 Å². The van der Waals surface area contributed by atoms with E-state index in [2.05, 4.69) is 31.3 Å². The zero-order chi connectivity index (χ0) is 28.1. The normalized spacial score (nSPS) is 12.1. The number of methoxy groups -OCH3 is 2. The van der Waals surface area contributed by atoms with Crippen LogP contribution in [-0.2, 0) is 20.2 Å². The van der Waals surface area contributed by atoms with E-state index in [1.165, 1.54) is 44.6 Å². The molecule has 38 heavy (non-hydrogen) atoms. The van der Waals surface area contributed by atoms with E-state index in [0.717, 1.165) is 27.6 Å². The molecule has 0 aliphatic heterocycles. The summed E-state index contributed by atoms with van der Waals surface area (Å²) in [5.74, 6) is -0.670. The number of anilines is 1. The van der Waals surface area contributed by atoms with Gasteiger partial charge in [-0.1, -0.05) is 45.0 Å². The number of carbonyl (C=O) groups is 1. The average molecular weight is 542 g/mol. The molecule has 0 radical (unpaired) electrons. The predicted molar refractivity (Wildman–Crippen MR) is 146 cm³/mol. The van der Waals surface area contributed by atoms with Gasteiger partial charge in [0.25, 0.3) is 15.9 Å². The molecule has 8 nitrogen and oxygen atoms in total. The number of amides is 1. The number of hydrogen-bond acceptors (Lipinski definition) is 6. The molecule has 0 bridgehead atoms. The molecule has 0 fully saturated rings. The van der Waals surface area contributed by atoms with Crippen molar-refractivity contribution in [1.82, 2.24) is 5.43 Å². The highest BCUT2D eigenvalue weighted by molar-refractivity contribution is 7.92. The zero-order valence-corrected chi connectivity index (χ0v) is 23.1. The smallest absolute Gasteiger partial charge is 0.264 e. The van der Waals surface area contributed by atoms with Crippen molar-refractivity contribution < 1.29 is 27.1 Å². The van der Waals surface area contributed by atoms with Gasteiger partial charge in [0.2, 0.25) is 0 Å². The molecular weight excluding hydrogens is 509 g/mol. The molecule has 1 amide bonds. The molecule has 0 aromatic heterocycles. The summed E-state index contributed by atoms with van der Waals surface area (Å²) in [6, 6.07) is 16.7. The number of hydrazone groups is 1. The summed E-state index contributed by atoms with van der Waals surface area (Å²) in [7, 11) is -1.44. The summed E-state index contributed by atoms with van der Waals surface area (Å²) in [6.07, 6.45) is 0. The van der Waals surface area contributed by atoms with Crippen LogP contribution in [0.3, 0.4) is 0 Å². The molecule has 0 saturated heterocycles. The summed E-state index contributed by atoms with van der Waals surface area (Å²) in [6.45, 7) is 7.50. The Morgan fingerprint density at radius 2 is 1.55 bits per heavy atom. The van der Waals surface area contributed by atoms with Gasteiger partial charge in [0.1, 0.15) is 12.4 Å². The number of sulfonamides is 1. The summed E-state index contributed by atoms with van der Waals surface area (Å²) in [4.78, 5) is 12.7. The van der Waals surface area contributed by atoms with E-state index in [0.29, 0.717) is 11.5 Å². The lowest BCUT2D eigenvalue weighted by Gasteiger charge is -2.24. The standard InChI is InChI=1S/C28H32FN3O5S/c1-19(20-7-9-21(10-8-20)28(2,3)4)30-31-27(33)18-32(23-13-11-22(29)12-14-23)38(34,35)24-15-16-25(36-5)26(17-24)37-6/h7-17H,18H2,1-6H3,(H,31,33)/b30-19-. The van der Waals surface area contributed by atoms with Crippen molar-refractivity contribution in [3.05, 3.63) is 83.7 Å². The van der Waals surface area contributed by atoms with Gasteiger partial charge in [-0.15, -0.1) is 0 Å². The van der Waals surface area contributed by atoms with Crippen molar-refractivity contribution in [2.24, 2.45) is 5.10 Å². The number of rotatable bonds is 9. The molecule has 0 atom stereocenters. The van der Waals surface area contributed by atoms with Gasteiger partial charge in [-0.25, -0.2) is 18.2 Å². The maximum Gasteiger partial charge on any atom is 0.264 e. The fourth-order valence-electron chi connectivity index (χ4n) is 3.61. The molecule has 0 aliphatic carbocycles. The second-order valence-corrected chi connectivity index (χ2v) is 11.4. The lowest BCUT2D eigenvalue weighted by Crippen LogP contribution is -2.39. The molecule has 10 heteroatoms.